The number of amides is 1. The molecule has 6 heteroatoms. The molecular formula is C12H19N5O. The molecule has 98 valence electrons. The highest BCUT2D eigenvalue weighted by molar-refractivity contribution is 5.78. The van der Waals surface area contributed by atoms with Gasteiger partial charge in [-0.15, -0.1) is 0 Å². The average molecular weight is 249 g/mol. The van der Waals surface area contributed by atoms with Crippen LogP contribution in [0.15, 0.2) is 6.20 Å². The summed E-state index contributed by atoms with van der Waals surface area (Å²) in [7, 11) is 1.64. The van der Waals surface area contributed by atoms with Gasteiger partial charge in [0.05, 0.1) is 18.4 Å². The highest BCUT2D eigenvalue weighted by Crippen LogP contribution is 2.21. The number of nitrogens with zero attached hydrogens (tertiary/aromatic N) is 4. The summed E-state index contributed by atoms with van der Waals surface area (Å²) in [5.74, 6) is 0.0209. The van der Waals surface area contributed by atoms with Crippen LogP contribution in [-0.4, -0.2) is 32.5 Å². The zero-order chi connectivity index (χ0) is 13.3. The third kappa shape index (κ3) is 2.10. The lowest BCUT2D eigenvalue weighted by Gasteiger charge is -2.04. The number of hydrogen-bond donors (Lipinski definition) is 1. The predicted molar refractivity (Wildman–Crippen MR) is 69.3 cm³/mol. The zero-order valence-electron chi connectivity index (χ0n) is 11.3. The minimum absolute atomic E-state index is 0.0209. The first-order chi connectivity index (χ1) is 8.54. The minimum Gasteiger partial charge on any atom is -0.359 e. The molecule has 1 N–H and O–H groups in total. The molecule has 0 saturated carbocycles. The van der Waals surface area contributed by atoms with Gasteiger partial charge in [0.2, 0.25) is 5.91 Å². The van der Waals surface area contributed by atoms with E-state index in [1.165, 1.54) is 0 Å². The molecular weight excluding hydrogens is 230 g/mol. The van der Waals surface area contributed by atoms with Crippen LogP contribution in [0.3, 0.4) is 0 Å². The van der Waals surface area contributed by atoms with Crippen molar-refractivity contribution >= 4 is 16.9 Å². The van der Waals surface area contributed by atoms with Crippen LogP contribution in [0.2, 0.25) is 0 Å². The summed E-state index contributed by atoms with van der Waals surface area (Å²) in [5.41, 5.74) is 3.00. The molecule has 0 saturated heterocycles. The Kier molecular flexibility index (Phi) is 3.36. The smallest absolute Gasteiger partial charge is 0.221 e. The summed E-state index contributed by atoms with van der Waals surface area (Å²) in [4.78, 5) is 11.3. The van der Waals surface area contributed by atoms with Crippen LogP contribution in [0.25, 0.3) is 11.0 Å². The maximum Gasteiger partial charge on any atom is 0.221 e. The number of nitrogens with one attached hydrogen (secondary N) is 1. The van der Waals surface area contributed by atoms with Crippen LogP contribution in [0.1, 0.15) is 32.0 Å². The second-order valence-corrected chi connectivity index (χ2v) is 4.65. The first-order valence-corrected chi connectivity index (χ1v) is 6.15. The van der Waals surface area contributed by atoms with Crippen LogP contribution in [0.5, 0.6) is 0 Å². The Morgan fingerprint density at radius 1 is 1.50 bits per heavy atom. The Morgan fingerprint density at radius 3 is 2.83 bits per heavy atom. The van der Waals surface area contributed by atoms with Crippen molar-refractivity contribution in [3.8, 4) is 0 Å². The van der Waals surface area contributed by atoms with Gasteiger partial charge in [-0.05, 0) is 20.8 Å². The van der Waals surface area contributed by atoms with Gasteiger partial charge in [0.1, 0.15) is 11.0 Å². The molecule has 2 aromatic heterocycles. The molecule has 0 aliphatic heterocycles. The predicted octanol–water partition coefficient (Wildman–Crippen LogP) is 1.26. The van der Waals surface area contributed by atoms with Gasteiger partial charge < -0.3 is 5.32 Å². The fourth-order valence-electron chi connectivity index (χ4n) is 2.07. The van der Waals surface area contributed by atoms with Gasteiger partial charge in [-0.2, -0.15) is 10.2 Å². The molecule has 0 bridgehead atoms. The van der Waals surface area contributed by atoms with E-state index in [0.29, 0.717) is 19.0 Å². The van der Waals surface area contributed by atoms with Crippen LogP contribution in [-0.2, 0) is 11.3 Å². The number of aryl methyl sites for hydroxylation is 2. The highest BCUT2D eigenvalue weighted by Gasteiger charge is 2.15. The number of aromatic nitrogens is 4. The van der Waals surface area contributed by atoms with Gasteiger partial charge >= 0.3 is 0 Å². The average Bonchev–Trinajstić information content (AvgIpc) is 2.88. The van der Waals surface area contributed by atoms with Crippen LogP contribution in [0.4, 0.5) is 0 Å². The summed E-state index contributed by atoms with van der Waals surface area (Å²) < 4.78 is 3.82. The lowest BCUT2D eigenvalue weighted by atomic mass is 10.3. The van der Waals surface area contributed by atoms with Crippen molar-refractivity contribution in [2.24, 2.45) is 0 Å². The third-order valence-electron chi connectivity index (χ3n) is 2.99. The normalized spacial score (nSPS) is 11.4. The van der Waals surface area contributed by atoms with Crippen molar-refractivity contribution in [2.45, 2.75) is 39.8 Å². The SMILES string of the molecule is CNC(=O)CCn1ncc2c1c(C)nn2C(C)C. The number of carbonyl (C=O) groups excluding carboxylic acids is 1. The molecule has 0 spiro atoms. The van der Waals surface area contributed by atoms with Crippen molar-refractivity contribution in [1.82, 2.24) is 24.9 Å². The molecule has 0 unspecified atom stereocenters. The number of hydrogen-bond acceptors (Lipinski definition) is 3. The molecule has 0 aromatic carbocycles. The monoisotopic (exact) mass is 249 g/mol. The molecule has 0 radical (unpaired) electrons. The Balaban J connectivity index is 2.33. The van der Waals surface area contributed by atoms with Gasteiger partial charge in [-0.25, -0.2) is 0 Å². The second-order valence-electron chi connectivity index (χ2n) is 4.65. The first kappa shape index (κ1) is 12.6. The van der Waals surface area contributed by atoms with Crippen LogP contribution < -0.4 is 5.32 Å². The van der Waals surface area contributed by atoms with Crippen LogP contribution in [0, 0.1) is 6.92 Å². The fraction of sp³-hybridized carbons (Fsp3) is 0.583. The topological polar surface area (TPSA) is 64.7 Å². The van der Waals surface area contributed by atoms with Crippen molar-refractivity contribution in [3.63, 3.8) is 0 Å². The van der Waals surface area contributed by atoms with E-state index in [9.17, 15) is 4.79 Å². The Morgan fingerprint density at radius 2 is 2.22 bits per heavy atom. The Labute approximate surface area is 106 Å². The zero-order valence-corrected chi connectivity index (χ0v) is 11.3. The molecule has 1 amide bonds. The largest absolute Gasteiger partial charge is 0.359 e. The quantitative estimate of drug-likeness (QED) is 0.887. The lowest BCUT2D eigenvalue weighted by Crippen LogP contribution is -2.19. The minimum atomic E-state index is 0.0209. The molecule has 0 aliphatic rings. The molecule has 0 fully saturated rings. The van der Waals surface area contributed by atoms with E-state index in [-0.39, 0.29) is 5.91 Å². The summed E-state index contributed by atoms with van der Waals surface area (Å²) in [5, 5.41) is 11.5. The third-order valence-corrected chi connectivity index (χ3v) is 2.99. The number of carbonyl (C=O) groups is 1. The summed E-state index contributed by atoms with van der Waals surface area (Å²) in [6.45, 7) is 6.73. The van der Waals surface area contributed by atoms with E-state index in [2.05, 4.69) is 29.4 Å². The van der Waals surface area contributed by atoms with E-state index < -0.39 is 0 Å². The maximum atomic E-state index is 11.3. The standard InChI is InChI=1S/C12H19N5O/c1-8(2)17-10-7-14-16(6-5-11(18)13-4)12(10)9(3)15-17/h7-8H,5-6H2,1-4H3,(H,13,18). The summed E-state index contributed by atoms with van der Waals surface area (Å²) >= 11 is 0. The maximum absolute atomic E-state index is 11.3. The summed E-state index contributed by atoms with van der Waals surface area (Å²) in [6.07, 6.45) is 2.25. The van der Waals surface area contributed by atoms with E-state index in [0.717, 1.165) is 16.7 Å². The molecule has 0 atom stereocenters. The van der Waals surface area contributed by atoms with Gasteiger partial charge in [0.25, 0.3) is 0 Å². The fourth-order valence-corrected chi connectivity index (χ4v) is 2.07. The lowest BCUT2D eigenvalue weighted by molar-refractivity contribution is -0.120. The Hall–Kier alpha value is -1.85. The highest BCUT2D eigenvalue weighted by atomic mass is 16.1. The van der Waals surface area contributed by atoms with Crippen molar-refractivity contribution in [1.29, 1.82) is 0 Å². The summed E-state index contributed by atoms with van der Waals surface area (Å²) in [6, 6.07) is 0.304. The molecule has 2 rings (SSSR count). The number of rotatable bonds is 4. The van der Waals surface area contributed by atoms with Gasteiger partial charge in [-0.1, -0.05) is 0 Å². The van der Waals surface area contributed by atoms with E-state index in [1.54, 1.807) is 7.05 Å². The van der Waals surface area contributed by atoms with Gasteiger partial charge in [0, 0.05) is 19.5 Å². The van der Waals surface area contributed by atoms with Crippen molar-refractivity contribution in [3.05, 3.63) is 11.9 Å². The number of fused-ring (bicyclic) bond motifs is 1. The molecule has 2 aromatic rings. The van der Waals surface area contributed by atoms with E-state index >= 15 is 0 Å². The van der Waals surface area contributed by atoms with Crippen molar-refractivity contribution in [2.75, 3.05) is 7.05 Å². The molecule has 0 aliphatic carbocycles. The van der Waals surface area contributed by atoms with E-state index in [4.69, 9.17) is 0 Å². The van der Waals surface area contributed by atoms with Gasteiger partial charge in [0.15, 0.2) is 0 Å². The second kappa shape index (κ2) is 4.80. The van der Waals surface area contributed by atoms with E-state index in [1.807, 2.05) is 22.5 Å². The molecule has 6 nitrogen and oxygen atoms in total. The van der Waals surface area contributed by atoms with Crippen LogP contribution >= 0.6 is 0 Å². The Bertz CT molecular complexity index is 566. The molecule has 2 heterocycles. The van der Waals surface area contributed by atoms with Gasteiger partial charge in [-0.3, -0.25) is 14.2 Å². The molecule has 18 heavy (non-hydrogen) atoms. The van der Waals surface area contributed by atoms with Crippen molar-refractivity contribution < 1.29 is 4.79 Å². The first-order valence-electron chi connectivity index (χ1n) is 6.15.